The average molecular weight is 314 g/mol. The van der Waals surface area contributed by atoms with Crippen LogP contribution in [0, 0.1) is 0 Å². The van der Waals surface area contributed by atoms with E-state index in [2.05, 4.69) is 16.0 Å². The van der Waals surface area contributed by atoms with Gasteiger partial charge in [-0.25, -0.2) is 0 Å². The van der Waals surface area contributed by atoms with Crippen LogP contribution in [0.15, 0.2) is 18.2 Å². The molecule has 0 radical (unpaired) electrons. The molecule has 0 saturated carbocycles. The number of nitrogens with one attached hydrogen (secondary N) is 3. The molecule has 0 saturated heterocycles. The third kappa shape index (κ3) is 4.61. The maximum Gasteiger partial charge on any atom is 0.262 e. The molecular weight excluding hydrogens is 294 g/mol. The number of amides is 2. The minimum absolute atomic E-state index is 0. The van der Waals surface area contributed by atoms with E-state index in [0.29, 0.717) is 23.5 Å². The summed E-state index contributed by atoms with van der Waals surface area (Å²) >= 11 is 0. The van der Waals surface area contributed by atoms with Gasteiger partial charge in [-0.1, -0.05) is 6.92 Å². The van der Waals surface area contributed by atoms with Crippen LogP contribution >= 0.6 is 12.4 Å². The van der Waals surface area contributed by atoms with E-state index in [0.717, 1.165) is 6.54 Å². The van der Waals surface area contributed by atoms with Crippen LogP contribution in [0.2, 0.25) is 0 Å². The predicted molar refractivity (Wildman–Crippen MR) is 83.3 cm³/mol. The second kappa shape index (κ2) is 7.85. The highest BCUT2D eigenvalue weighted by Crippen LogP contribution is 2.28. The second-order valence-corrected chi connectivity index (χ2v) is 4.72. The monoisotopic (exact) mass is 313 g/mol. The minimum atomic E-state index is -0.212. The van der Waals surface area contributed by atoms with Gasteiger partial charge in [0.05, 0.1) is 5.69 Å². The first-order valence-electron chi connectivity index (χ1n) is 6.68. The highest BCUT2D eigenvalue weighted by atomic mass is 35.5. The molecule has 0 aliphatic carbocycles. The van der Waals surface area contributed by atoms with Crippen LogP contribution < -0.4 is 20.7 Å². The number of carbonyl (C=O) groups is 2. The molecule has 21 heavy (non-hydrogen) atoms. The van der Waals surface area contributed by atoms with E-state index in [4.69, 9.17) is 4.74 Å². The first-order valence-corrected chi connectivity index (χ1v) is 6.68. The molecule has 1 heterocycles. The molecule has 116 valence electrons. The summed E-state index contributed by atoms with van der Waals surface area (Å²) in [4.78, 5) is 23.3. The number of likely N-dealkylation sites (N-methyl/N-ethyl adjacent to an activating group) is 1. The first kappa shape index (κ1) is 17.3. The Bertz CT molecular complexity index is 522. The molecule has 0 bridgehead atoms. The van der Waals surface area contributed by atoms with Crippen LogP contribution in [0.3, 0.4) is 0 Å². The number of hydrogen-bond donors (Lipinski definition) is 3. The maximum atomic E-state index is 12.0. The van der Waals surface area contributed by atoms with Crippen molar-refractivity contribution in [1.82, 2.24) is 10.6 Å². The van der Waals surface area contributed by atoms with Crippen LogP contribution in [-0.2, 0) is 4.79 Å². The van der Waals surface area contributed by atoms with Crippen molar-refractivity contribution < 1.29 is 14.3 Å². The summed E-state index contributed by atoms with van der Waals surface area (Å²) in [5.41, 5.74) is 1.03. The van der Waals surface area contributed by atoms with Gasteiger partial charge in [0, 0.05) is 18.2 Å². The molecule has 1 aliphatic rings. The molecule has 0 unspecified atom stereocenters. The molecule has 2 amide bonds. The summed E-state index contributed by atoms with van der Waals surface area (Å²) in [7, 11) is 0. The smallest absolute Gasteiger partial charge is 0.262 e. The van der Waals surface area contributed by atoms with Crippen LogP contribution in [0.4, 0.5) is 5.69 Å². The Morgan fingerprint density at radius 3 is 2.95 bits per heavy atom. The molecule has 0 spiro atoms. The van der Waals surface area contributed by atoms with E-state index < -0.39 is 0 Å². The Kier molecular flexibility index (Phi) is 6.45. The quantitative estimate of drug-likeness (QED) is 0.762. The molecular formula is C14H20ClN3O3. The largest absolute Gasteiger partial charge is 0.482 e. The van der Waals surface area contributed by atoms with Crippen molar-refractivity contribution in [2.24, 2.45) is 0 Å². The molecule has 7 heteroatoms. The molecule has 2 rings (SSSR count). The zero-order chi connectivity index (χ0) is 14.5. The molecule has 1 aromatic carbocycles. The molecule has 1 aliphatic heterocycles. The highest BCUT2D eigenvalue weighted by molar-refractivity contribution is 5.99. The number of benzene rings is 1. The molecule has 3 N–H and O–H groups in total. The highest BCUT2D eigenvalue weighted by Gasteiger charge is 2.17. The summed E-state index contributed by atoms with van der Waals surface area (Å²) < 4.78 is 5.25. The lowest BCUT2D eigenvalue weighted by molar-refractivity contribution is -0.118. The Balaban J connectivity index is 0.00000220. The lowest BCUT2D eigenvalue weighted by Gasteiger charge is -2.18. The topological polar surface area (TPSA) is 79.5 Å². The number of fused-ring (bicyclic) bond motifs is 1. The number of anilines is 1. The Morgan fingerprint density at radius 1 is 1.48 bits per heavy atom. The van der Waals surface area contributed by atoms with Crippen molar-refractivity contribution >= 4 is 29.9 Å². The lowest BCUT2D eigenvalue weighted by Crippen LogP contribution is -2.38. The number of halogens is 1. The fraction of sp³-hybridized carbons (Fsp3) is 0.429. The van der Waals surface area contributed by atoms with E-state index in [1.807, 2.05) is 13.8 Å². The SMILES string of the molecule is CCN[C@H](C)CNC(=O)c1ccc2c(c1)NC(=O)CO2.Cl. The standard InChI is InChI=1S/C14H19N3O3.ClH/c1-3-15-9(2)7-16-14(19)10-4-5-12-11(6-10)17-13(18)8-20-12;/h4-6,9,15H,3,7-8H2,1-2H3,(H,16,19)(H,17,18);1H/t9-;/m1./s1. The van der Waals surface area contributed by atoms with Crippen LogP contribution in [-0.4, -0.2) is 37.6 Å². The van der Waals surface area contributed by atoms with Gasteiger partial charge >= 0.3 is 0 Å². The van der Waals surface area contributed by atoms with Gasteiger partial charge in [0.1, 0.15) is 5.75 Å². The summed E-state index contributed by atoms with van der Waals surface area (Å²) in [5.74, 6) is 0.204. The molecule has 1 atom stereocenters. The van der Waals surface area contributed by atoms with Gasteiger partial charge < -0.3 is 20.7 Å². The van der Waals surface area contributed by atoms with Crippen molar-refractivity contribution in [1.29, 1.82) is 0 Å². The Labute approximate surface area is 130 Å². The summed E-state index contributed by atoms with van der Waals surface area (Å²) in [5, 5.41) is 8.75. The fourth-order valence-electron chi connectivity index (χ4n) is 1.99. The van der Waals surface area contributed by atoms with E-state index in [9.17, 15) is 9.59 Å². The van der Waals surface area contributed by atoms with Crippen molar-refractivity contribution in [3.05, 3.63) is 23.8 Å². The van der Waals surface area contributed by atoms with Crippen molar-refractivity contribution in [3.63, 3.8) is 0 Å². The zero-order valence-corrected chi connectivity index (χ0v) is 12.9. The van der Waals surface area contributed by atoms with Crippen LogP contribution in [0.25, 0.3) is 0 Å². The van der Waals surface area contributed by atoms with Crippen LogP contribution in [0.5, 0.6) is 5.75 Å². The van der Waals surface area contributed by atoms with Gasteiger partial charge in [0.15, 0.2) is 6.61 Å². The normalized spacial score (nSPS) is 14.1. The summed E-state index contributed by atoms with van der Waals surface area (Å²) in [6.07, 6.45) is 0. The first-order chi connectivity index (χ1) is 9.60. The van der Waals surface area contributed by atoms with Crippen molar-refractivity contribution in [3.8, 4) is 5.75 Å². The summed E-state index contributed by atoms with van der Waals surface area (Å²) in [6.45, 7) is 5.44. The maximum absolute atomic E-state index is 12.0. The number of carbonyl (C=O) groups excluding carboxylic acids is 2. The number of ether oxygens (including phenoxy) is 1. The van der Waals surface area contributed by atoms with E-state index in [-0.39, 0.29) is 36.9 Å². The van der Waals surface area contributed by atoms with Crippen molar-refractivity contribution in [2.75, 3.05) is 25.0 Å². The number of rotatable bonds is 5. The molecule has 1 aromatic rings. The van der Waals surface area contributed by atoms with Gasteiger partial charge in [-0.2, -0.15) is 0 Å². The molecule has 0 fully saturated rings. The fourth-order valence-corrected chi connectivity index (χ4v) is 1.99. The number of hydrogen-bond acceptors (Lipinski definition) is 4. The minimum Gasteiger partial charge on any atom is -0.482 e. The zero-order valence-electron chi connectivity index (χ0n) is 12.1. The van der Waals surface area contributed by atoms with Crippen LogP contribution in [0.1, 0.15) is 24.2 Å². The van der Waals surface area contributed by atoms with Crippen molar-refractivity contribution in [2.45, 2.75) is 19.9 Å². The predicted octanol–water partition coefficient (Wildman–Crippen LogP) is 1.17. The Hall–Kier alpha value is -1.79. The van der Waals surface area contributed by atoms with Gasteiger partial charge in [0.25, 0.3) is 11.8 Å². The van der Waals surface area contributed by atoms with Gasteiger partial charge in [-0.3, -0.25) is 9.59 Å². The van der Waals surface area contributed by atoms with E-state index in [1.165, 1.54) is 0 Å². The summed E-state index contributed by atoms with van der Waals surface area (Å²) in [6, 6.07) is 5.21. The second-order valence-electron chi connectivity index (χ2n) is 4.72. The molecule has 6 nitrogen and oxygen atoms in total. The van der Waals surface area contributed by atoms with Gasteiger partial charge in [-0.05, 0) is 31.7 Å². The van der Waals surface area contributed by atoms with Gasteiger partial charge in [0.2, 0.25) is 0 Å². The third-order valence-corrected chi connectivity index (χ3v) is 3.00. The van der Waals surface area contributed by atoms with E-state index >= 15 is 0 Å². The molecule has 0 aromatic heterocycles. The Morgan fingerprint density at radius 2 is 2.24 bits per heavy atom. The van der Waals surface area contributed by atoms with E-state index in [1.54, 1.807) is 18.2 Å². The average Bonchev–Trinajstić information content (AvgIpc) is 2.44. The lowest BCUT2D eigenvalue weighted by atomic mass is 10.1. The van der Waals surface area contributed by atoms with Gasteiger partial charge in [-0.15, -0.1) is 12.4 Å². The third-order valence-electron chi connectivity index (χ3n) is 3.00.